The molecule has 2 aromatic rings. The lowest BCUT2D eigenvalue weighted by molar-refractivity contribution is 0.0700. The van der Waals surface area contributed by atoms with E-state index in [0.29, 0.717) is 11.5 Å². The zero-order chi connectivity index (χ0) is 15.1. The van der Waals surface area contributed by atoms with Crippen LogP contribution < -0.4 is 0 Å². The number of fused-ring (bicyclic) bond motifs is 3. The van der Waals surface area contributed by atoms with Crippen LogP contribution in [0.3, 0.4) is 0 Å². The van der Waals surface area contributed by atoms with Crippen molar-refractivity contribution < 1.29 is 4.79 Å². The Labute approximate surface area is 129 Å². The fraction of sp³-hybridized carbons (Fsp3) is 0.412. The van der Waals surface area contributed by atoms with E-state index in [-0.39, 0.29) is 11.9 Å². The zero-order valence-corrected chi connectivity index (χ0v) is 12.4. The first-order chi connectivity index (χ1) is 10.7. The molecule has 2 fully saturated rings. The molecule has 0 aromatic carbocycles. The Kier molecular flexibility index (Phi) is 3.12. The minimum absolute atomic E-state index is 0.0131. The van der Waals surface area contributed by atoms with Crippen molar-refractivity contribution in [3.63, 3.8) is 0 Å². The number of nitriles is 1. The van der Waals surface area contributed by atoms with Crippen LogP contribution in [0.25, 0.3) is 5.52 Å². The first kappa shape index (κ1) is 13.4. The monoisotopic (exact) mass is 294 g/mol. The highest BCUT2D eigenvalue weighted by molar-refractivity contribution is 5.95. The maximum atomic E-state index is 12.7. The summed E-state index contributed by atoms with van der Waals surface area (Å²) in [6, 6.07) is 7.66. The van der Waals surface area contributed by atoms with E-state index in [4.69, 9.17) is 0 Å². The second-order valence-corrected chi connectivity index (χ2v) is 6.34. The third-order valence-electron chi connectivity index (χ3n) is 4.91. The van der Waals surface area contributed by atoms with E-state index >= 15 is 0 Å². The number of amides is 1. The summed E-state index contributed by atoms with van der Waals surface area (Å²) in [5.74, 6) is 0.444. The molecule has 2 saturated heterocycles. The molecule has 5 nitrogen and oxygen atoms in total. The molecule has 0 N–H and O–H groups in total. The van der Waals surface area contributed by atoms with Crippen LogP contribution in [0.15, 0.2) is 36.7 Å². The summed E-state index contributed by atoms with van der Waals surface area (Å²) in [7, 11) is 0. The van der Waals surface area contributed by atoms with Crippen LogP contribution in [0.2, 0.25) is 0 Å². The molecule has 0 spiro atoms. The number of hydrogen-bond donors (Lipinski definition) is 0. The van der Waals surface area contributed by atoms with Crippen molar-refractivity contribution in [3.8, 4) is 6.19 Å². The number of carbonyl (C=O) groups excluding carboxylic acids is 1. The zero-order valence-electron chi connectivity index (χ0n) is 12.4. The lowest BCUT2D eigenvalue weighted by atomic mass is 9.95. The molecule has 1 unspecified atom stereocenters. The molecular formula is C17H18N4O. The fourth-order valence-corrected chi connectivity index (χ4v) is 3.81. The van der Waals surface area contributed by atoms with Crippen molar-refractivity contribution >= 4 is 11.4 Å². The highest BCUT2D eigenvalue weighted by Gasteiger charge is 2.37. The number of pyridine rings is 1. The van der Waals surface area contributed by atoms with E-state index in [1.54, 1.807) is 12.3 Å². The first-order valence-corrected chi connectivity index (χ1v) is 7.77. The van der Waals surface area contributed by atoms with Gasteiger partial charge in [-0.3, -0.25) is 4.79 Å². The summed E-state index contributed by atoms with van der Waals surface area (Å²) in [6.07, 6.45) is 7.99. The summed E-state index contributed by atoms with van der Waals surface area (Å²) in [5, 5.41) is 9.51. The van der Waals surface area contributed by atoms with Crippen LogP contribution in [0, 0.1) is 17.4 Å². The highest BCUT2D eigenvalue weighted by Crippen LogP contribution is 2.29. The maximum Gasteiger partial charge on any atom is 0.268 e. The third-order valence-corrected chi connectivity index (χ3v) is 4.91. The molecule has 4 rings (SSSR count). The van der Waals surface area contributed by atoms with E-state index in [9.17, 15) is 10.1 Å². The minimum atomic E-state index is -0.189. The Bertz CT molecular complexity index is 747. The second-order valence-electron chi connectivity index (χ2n) is 6.34. The summed E-state index contributed by atoms with van der Waals surface area (Å²) in [5.41, 5.74) is 1.61. The van der Waals surface area contributed by atoms with E-state index in [2.05, 4.69) is 11.1 Å². The molecule has 0 saturated carbocycles. The number of rotatable bonds is 2. The molecule has 1 amide bonds. The number of aromatic nitrogens is 1. The Morgan fingerprint density at radius 3 is 3.05 bits per heavy atom. The molecular weight excluding hydrogens is 276 g/mol. The maximum absolute atomic E-state index is 12.7. The molecule has 22 heavy (non-hydrogen) atoms. The van der Waals surface area contributed by atoms with E-state index < -0.39 is 0 Å². The summed E-state index contributed by atoms with van der Waals surface area (Å²) < 4.78 is 1.91. The lowest BCUT2D eigenvalue weighted by Crippen LogP contribution is -2.47. The molecule has 2 aliphatic heterocycles. The molecule has 112 valence electrons. The van der Waals surface area contributed by atoms with Gasteiger partial charge in [0, 0.05) is 31.0 Å². The SMILES string of the molecule is N#CN(C(=O)c1ccc2cccn2c1)[C@@H]1C[C@H]2CCN(C2)C1. The molecule has 0 radical (unpaired) electrons. The standard InChI is InChI=1S/C17H18N4O/c18-12-21(16-8-13-5-7-19(9-13)11-16)17(22)14-3-4-15-2-1-6-20(15)10-14/h1-4,6,10,13,16H,5,7-9,11H2/t13-,16-/m1/s1. The summed E-state index contributed by atoms with van der Waals surface area (Å²) in [4.78, 5) is 16.5. The van der Waals surface area contributed by atoms with Gasteiger partial charge in [0.2, 0.25) is 0 Å². The molecule has 2 bridgehead atoms. The van der Waals surface area contributed by atoms with Crippen LogP contribution in [-0.4, -0.2) is 45.8 Å². The van der Waals surface area contributed by atoms with Crippen molar-refractivity contribution in [2.45, 2.75) is 18.9 Å². The summed E-state index contributed by atoms with van der Waals surface area (Å²) in [6.45, 7) is 3.05. The van der Waals surface area contributed by atoms with Gasteiger partial charge in [-0.25, -0.2) is 4.90 Å². The van der Waals surface area contributed by atoms with E-state index in [1.165, 1.54) is 11.3 Å². The van der Waals surface area contributed by atoms with Gasteiger partial charge in [0.05, 0.1) is 11.6 Å². The van der Waals surface area contributed by atoms with Crippen molar-refractivity contribution in [2.24, 2.45) is 5.92 Å². The quantitative estimate of drug-likeness (QED) is 0.628. The van der Waals surface area contributed by atoms with Crippen LogP contribution in [-0.2, 0) is 0 Å². The van der Waals surface area contributed by atoms with Crippen molar-refractivity contribution in [2.75, 3.05) is 19.6 Å². The van der Waals surface area contributed by atoms with Gasteiger partial charge < -0.3 is 9.30 Å². The average Bonchev–Trinajstić information content (AvgIpc) is 3.13. The van der Waals surface area contributed by atoms with Gasteiger partial charge in [0.25, 0.3) is 5.91 Å². The molecule has 3 atom stereocenters. The van der Waals surface area contributed by atoms with Crippen LogP contribution in [0.4, 0.5) is 0 Å². The van der Waals surface area contributed by atoms with Gasteiger partial charge in [0.15, 0.2) is 6.19 Å². The van der Waals surface area contributed by atoms with Gasteiger partial charge in [0.1, 0.15) is 0 Å². The van der Waals surface area contributed by atoms with Gasteiger partial charge in [-0.1, -0.05) is 0 Å². The lowest BCUT2D eigenvalue weighted by Gasteiger charge is -2.34. The molecule has 4 heterocycles. The Hall–Kier alpha value is -2.32. The largest absolute Gasteiger partial charge is 0.323 e. The second kappa shape index (κ2) is 5.15. The molecule has 0 aliphatic carbocycles. The normalized spacial score (nSPS) is 26.8. The first-order valence-electron chi connectivity index (χ1n) is 7.77. The van der Waals surface area contributed by atoms with Gasteiger partial charge in [-0.2, -0.15) is 5.26 Å². The summed E-state index contributed by atoms with van der Waals surface area (Å²) >= 11 is 0. The fourth-order valence-electron chi connectivity index (χ4n) is 3.81. The third kappa shape index (κ3) is 2.16. The Balaban J connectivity index is 1.60. The topological polar surface area (TPSA) is 51.8 Å². The van der Waals surface area contributed by atoms with Crippen LogP contribution >= 0.6 is 0 Å². The predicted molar refractivity (Wildman–Crippen MR) is 82.1 cm³/mol. The number of piperidine rings is 1. The molecule has 2 aromatic heterocycles. The Morgan fingerprint density at radius 2 is 2.23 bits per heavy atom. The van der Waals surface area contributed by atoms with Crippen molar-refractivity contribution in [1.82, 2.24) is 14.2 Å². The van der Waals surface area contributed by atoms with Crippen molar-refractivity contribution in [3.05, 3.63) is 42.2 Å². The van der Waals surface area contributed by atoms with Crippen LogP contribution in [0.1, 0.15) is 23.2 Å². The minimum Gasteiger partial charge on any atom is -0.323 e. The average molecular weight is 294 g/mol. The molecule has 2 aliphatic rings. The highest BCUT2D eigenvalue weighted by atomic mass is 16.2. The number of hydrogen-bond acceptors (Lipinski definition) is 3. The van der Waals surface area contributed by atoms with Gasteiger partial charge in [-0.15, -0.1) is 0 Å². The van der Waals surface area contributed by atoms with Gasteiger partial charge in [-0.05, 0) is 49.6 Å². The van der Waals surface area contributed by atoms with E-state index in [1.807, 2.05) is 28.8 Å². The Morgan fingerprint density at radius 1 is 1.32 bits per heavy atom. The van der Waals surface area contributed by atoms with E-state index in [0.717, 1.165) is 31.6 Å². The van der Waals surface area contributed by atoms with Crippen LogP contribution in [0.5, 0.6) is 0 Å². The van der Waals surface area contributed by atoms with Crippen molar-refractivity contribution in [1.29, 1.82) is 5.26 Å². The van der Waals surface area contributed by atoms with Gasteiger partial charge >= 0.3 is 0 Å². The smallest absolute Gasteiger partial charge is 0.268 e. The molecule has 5 heteroatoms. The number of nitrogens with zero attached hydrogens (tertiary/aromatic N) is 4. The number of carbonyl (C=O) groups is 1. The predicted octanol–water partition coefficient (Wildman–Crippen LogP) is 1.96.